The Bertz CT molecular complexity index is 612. The van der Waals surface area contributed by atoms with E-state index in [-0.39, 0.29) is 23.1 Å². The number of thiazole rings is 1. The zero-order valence-corrected chi connectivity index (χ0v) is 11.3. The van der Waals surface area contributed by atoms with Gasteiger partial charge in [-0.1, -0.05) is 11.2 Å². The summed E-state index contributed by atoms with van der Waals surface area (Å²) in [6.45, 7) is 0.821. The van der Waals surface area contributed by atoms with Gasteiger partial charge in [0.2, 0.25) is 5.71 Å². The number of carboxylic acids is 1. The van der Waals surface area contributed by atoms with Gasteiger partial charge in [0.15, 0.2) is 30.7 Å². The minimum absolute atomic E-state index is 0.201. The van der Waals surface area contributed by atoms with Crippen molar-refractivity contribution in [3.63, 3.8) is 0 Å². The zero-order chi connectivity index (χ0) is 14.4. The van der Waals surface area contributed by atoms with Crippen molar-refractivity contribution < 1.29 is 19.3 Å². The van der Waals surface area contributed by atoms with Crippen LogP contribution in [0.2, 0.25) is 0 Å². The molecule has 0 fully saturated rings. The quantitative estimate of drug-likeness (QED) is 0.350. The Labute approximate surface area is 118 Å². The summed E-state index contributed by atoms with van der Waals surface area (Å²) in [7, 11) is 0. The first kappa shape index (κ1) is 13.9. The van der Waals surface area contributed by atoms with Crippen LogP contribution in [0.5, 0.6) is 0 Å². The Kier molecular flexibility index (Phi) is 4.61. The molecule has 0 unspecified atom stereocenters. The van der Waals surface area contributed by atoms with Gasteiger partial charge in [-0.2, -0.15) is 0 Å². The van der Waals surface area contributed by atoms with Gasteiger partial charge >= 0.3 is 5.97 Å². The molecule has 0 saturated heterocycles. The standard InChI is InChI=1S/C12H12N4O3S/c13-12-14-9(8-20-12)10(11(17)18)15-19-7-6-16-4-2-1-3-5-16/h1-5,8H,6-7H2,(H2-,13,14,17,18)/p+1/b15-10-. The van der Waals surface area contributed by atoms with Crippen molar-refractivity contribution >= 4 is 28.1 Å². The highest BCUT2D eigenvalue weighted by molar-refractivity contribution is 7.13. The Morgan fingerprint density at radius 2 is 2.20 bits per heavy atom. The zero-order valence-electron chi connectivity index (χ0n) is 10.5. The van der Waals surface area contributed by atoms with Crippen molar-refractivity contribution in [1.82, 2.24) is 4.98 Å². The van der Waals surface area contributed by atoms with Gasteiger partial charge in [0.1, 0.15) is 5.69 Å². The molecule has 2 aromatic heterocycles. The van der Waals surface area contributed by atoms with E-state index in [1.807, 2.05) is 35.2 Å². The molecule has 0 spiro atoms. The van der Waals surface area contributed by atoms with Crippen molar-refractivity contribution in [2.75, 3.05) is 12.3 Å². The van der Waals surface area contributed by atoms with Crippen LogP contribution in [0.15, 0.2) is 41.1 Å². The lowest BCUT2D eigenvalue weighted by Crippen LogP contribution is -2.34. The number of oxime groups is 1. The molecule has 7 nitrogen and oxygen atoms in total. The number of nitrogen functional groups attached to an aromatic ring is 1. The number of anilines is 1. The fourth-order valence-corrected chi connectivity index (χ4v) is 1.98. The van der Waals surface area contributed by atoms with Crippen LogP contribution >= 0.6 is 11.3 Å². The van der Waals surface area contributed by atoms with E-state index in [0.717, 1.165) is 11.3 Å². The van der Waals surface area contributed by atoms with Crippen LogP contribution in [-0.4, -0.2) is 28.4 Å². The summed E-state index contributed by atoms with van der Waals surface area (Å²) in [4.78, 5) is 20.0. The number of nitrogens with two attached hydrogens (primary N) is 1. The highest BCUT2D eigenvalue weighted by Gasteiger charge is 2.17. The number of hydrogen-bond acceptors (Lipinski definition) is 6. The van der Waals surface area contributed by atoms with Gasteiger partial charge < -0.3 is 15.7 Å². The monoisotopic (exact) mass is 293 g/mol. The summed E-state index contributed by atoms with van der Waals surface area (Å²) < 4.78 is 1.90. The van der Waals surface area contributed by atoms with Gasteiger partial charge in [-0.05, 0) is 0 Å². The fraction of sp³-hybridized carbons (Fsp3) is 0.167. The largest absolute Gasteiger partial charge is 0.476 e. The fourth-order valence-electron chi connectivity index (χ4n) is 1.43. The molecule has 20 heavy (non-hydrogen) atoms. The van der Waals surface area contributed by atoms with Gasteiger partial charge in [0.25, 0.3) is 0 Å². The van der Waals surface area contributed by atoms with E-state index in [1.165, 1.54) is 5.38 Å². The van der Waals surface area contributed by atoms with Gasteiger partial charge in [-0.15, -0.1) is 11.3 Å². The van der Waals surface area contributed by atoms with E-state index < -0.39 is 5.97 Å². The van der Waals surface area contributed by atoms with Crippen LogP contribution in [0.4, 0.5) is 5.13 Å². The maximum Gasteiger partial charge on any atom is 0.360 e. The Morgan fingerprint density at radius 1 is 1.45 bits per heavy atom. The minimum atomic E-state index is -1.21. The average Bonchev–Trinajstić information content (AvgIpc) is 2.85. The molecule has 0 aliphatic carbocycles. The number of pyridine rings is 1. The molecule has 0 aliphatic heterocycles. The molecule has 2 rings (SSSR count). The first-order chi connectivity index (χ1) is 9.66. The van der Waals surface area contributed by atoms with Gasteiger partial charge in [-0.3, -0.25) is 0 Å². The molecule has 0 aromatic carbocycles. The Balaban J connectivity index is 1.95. The van der Waals surface area contributed by atoms with Crippen LogP contribution in [0, 0.1) is 0 Å². The Hall–Kier alpha value is -2.48. The van der Waals surface area contributed by atoms with E-state index in [9.17, 15) is 4.79 Å². The summed E-state index contributed by atoms with van der Waals surface area (Å²) in [6.07, 6.45) is 3.76. The van der Waals surface area contributed by atoms with Crippen LogP contribution in [-0.2, 0) is 16.2 Å². The summed E-state index contributed by atoms with van der Waals surface area (Å²) in [6, 6.07) is 5.69. The molecular formula is C12H13N4O3S+. The van der Waals surface area contributed by atoms with E-state index in [2.05, 4.69) is 10.1 Å². The van der Waals surface area contributed by atoms with Gasteiger partial charge in [0.05, 0.1) is 0 Å². The topological polar surface area (TPSA) is 102 Å². The van der Waals surface area contributed by atoms with Gasteiger partial charge in [0, 0.05) is 17.5 Å². The molecule has 0 saturated carbocycles. The molecule has 2 heterocycles. The molecule has 0 aliphatic rings. The van der Waals surface area contributed by atoms with Crippen molar-refractivity contribution in [3.05, 3.63) is 41.7 Å². The second-order valence-electron chi connectivity index (χ2n) is 3.76. The molecule has 2 aromatic rings. The lowest BCUT2D eigenvalue weighted by Gasteiger charge is -1.99. The Morgan fingerprint density at radius 3 is 2.80 bits per heavy atom. The molecule has 104 valence electrons. The second kappa shape index (κ2) is 6.62. The van der Waals surface area contributed by atoms with Crippen LogP contribution < -0.4 is 10.3 Å². The predicted molar refractivity (Wildman–Crippen MR) is 73.3 cm³/mol. The number of carbonyl (C=O) groups is 1. The lowest BCUT2D eigenvalue weighted by molar-refractivity contribution is -0.698. The molecular weight excluding hydrogens is 280 g/mol. The number of hydrogen-bond donors (Lipinski definition) is 2. The normalized spacial score (nSPS) is 11.3. The van der Waals surface area contributed by atoms with E-state index in [4.69, 9.17) is 15.7 Å². The molecule has 0 bridgehead atoms. The molecule has 0 radical (unpaired) electrons. The maximum atomic E-state index is 11.1. The number of carboxylic acid groups (broad SMARTS) is 1. The average molecular weight is 293 g/mol. The lowest BCUT2D eigenvalue weighted by atomic mass is 10.3. The van der Waals surface area contributed by atoms with Gasteiger partial charge in [-0.25, -0.2) is 14.3 Å². The van der Waals surface area contributed by atoms with Crippen LogP contribution in [0.1, 0.15) is 5.69 Å². The van der Waals surface area contributed by atoms with Crippen molar-refractivity contribution in [1.29, 1.82) is 0 Å². The third-order valence-corrected chi connectivity index (χ3v) is 3.01. The maximum absolute atomic E-state index is 11.1. The summed E-state index contributed by atoms with van der Waals surface area (Å²) in [5.74, 6) is -1.21. The van der Waals surface area contributed by atoms with E-state index in [0.29, 0.717) is 6.54 Å². The number of aromatic nitrogens is 2. The number of aliphatic carboxylic acids is 1. The van der Waals surface area contributed by atoms with E-state index >= 15 is 0 Å². The number of rotatable bonds is 6. The SMILES string of the molecule is Nc1nc(/C(=N/OCC[n+]2ccccc2)C(=O)O)cs1. The van der Waals surface area contributed by atoms with Crippen LogP contribution in [0.25, 0.3) is 0 Å². The third kappa shape index (κ3) is 3.75. The third-order valence-electron chi connectivity index (χ3n) is 2.34. The van der Waals surface area contributed by atoms with E-state index in [1.54, 1.807) is 0 Å². The highest BCUT2D eigenvalue weighted by Crippen LogP contribution is 2.12. The van der Waals surface area contributed by atoms with Crippen molar-refractivity contribution in [2.45, 2.75) is 6.54 Å². The summed E-state index contributed by atoms with van der Waals surface area (Å²) >= 11 is 1.15. The number of nitrogens with zero attached hydrogens (tertiary/aromatic N) is 3. The van der Waals surface area contributed by atoms with Crippen molar-refractivity contribution in [3.8, 4) is 0 Å². The smallest absolute Gasteiger partial charge is 0.360 e. The second-order valence-corrected chi connectivity index (χ2v) is 4.65. The first-order valence-corrected chi connectivity index (χ1v) is 6.63. The molecule has 3 N–H and O–H groups in total. The highest BCUT2D eigenvalue weighted by atomic mass is 32.1. The summed E-state index contributed by atoms with van der Waals surface area (Å²) in [5, 5.41) is 14.5. The minimum Gasteiger partial charge on any atom is -0.476 e. The summed E-state index contributed by atoms with van der Waals surface area (Å²) in [5.41, 5.74) is 5.41. The van der Waals surface area contributed by atoms with Crippen molar-refractivity contribution in [2.24, 2.45) is 5.16 Å². The molecule has 0 atom stereocenters. The first-order valence-electron chi connectivity index (χ1n) is 5.75. The molecule has 0 amide bonds. The molecule has 8 heteroatoms. The predicted octanol–water partition coefficient (Wildman–Crippen LogP) is 0.518. The van der Waals surface area contributed by atoms with Crippen LogP contribution in [0.3, 0.4) is 0 Å².